The molecule has 0 atom stereocenters. The van der Waals surface area contributed by atoms with Crippen molar-refractivity contribution in [1.29, 1.82) is 0 Å². The summed E-state index contributed by atoms with van der Waals surface area (Å²) >= 11 is 0. The summed E-state index contributed by atoms with van der Waals surface area (Å²) in [6.45, 7) is 5.04. The molecule has 6 nitrogen and oxygen atoms in total. The number of aryl methyl sites for hydroxylation is 1. The minimum absolute atomic E-state index is 0.658. The van der Waals surface area contributed by atoms with E-state index in [2.05, 4.69) is 52.8 Å². The summed E-state index contributed by atoms with van der Waals surface area (Å²) < 4.78 is 4.00. The van der Waals surface area contributed by atoms with Gasteiger partial charge in [-0.25, -0.2) is 14.5 Å². The van der Waals surface area contributed by atoms with Crippen LogP contribution >= 0.6 is 0 Å². The highest BCUT2D eigenvalue weighted by atomic mass is 15.3. The average molecular weight is 354 g/mol. The number of hydrogen-bond donors (Lipinski definition) is 0. The highest BCUT2D eigenvalue weighted by Crippen LogP contribution is 2.28. The molecule has 0 saturated carbocycles. The Balaban J connectivity index is 1.72. The van der Waals surface area contributed by atoms with Crippen LogP contribution in [-0.4, -0.2) is 29.1 Å². The molecule has 0 unspecified atom stereocenters. The molecule has 4 heterocycles. The van der Waals surface area contributed by atoms with Gasteiger partial charge in [-0.05, 0) is 37.1 Å². The molecule has 27 heavy (non-hydrogen) atoms. The Bertz CT molecular complexity index is 1250. The molecule has 0 bridgehead atoms. The van der Waals surface area contributed by atoms with Gasteiger partial charge in [0.25, 0.3) is 0 Å². The van der Waals surface area contributed by atoms with Crippen molar-refractivity contribution in [1.82, 2.24) is 29.1 Å². The summed E-state index contributed by atoms with van der Waals surface area (Å²) in [6.07, 6.45) is 5.26. The smallest absolute Gasteiger partial charge is 0.183 e. The van der Waals surface area contributed by atoms with Crippen LogP contribution < -0.4 is 0 Å². The molecular formula is C21H18N6. The summed E-state index contributed by atoms with van der Waals surface area (Å²) in [5.74, 6) is 0.658. The fraction of sp³-hybridized carbons (Fsp3) is 0.143. The van der Waals surface area contributed by atoms with Crippen LogP contribution in [0.3, 0.4) is 0 Å². The van der Waals surface area contributed by atoms with Gasteiger partial charge in [-0.3, -0.25) is 4.98 Å². The topological polar surface area (TPSA) is 60.9 Å². The lowest BCUT2D eigenvalue weighted by Gasteiger charge is -2.07. The van der Waals surface area contributed by atoms with Gasteiger partial charge in [-0.1, -0.05) is 30.3 Å². The molecule has 6 heteroatoms. The van der Waals surface area contributed by atoms with E-state index in [9.17, 15) is 0 Å². The molecule has 0 aliphatic carbocycles. The molecule has 1 aromatic carbocycles. The molecule has 0 aliphatic heterocycles. The summed E-state index contributed by atoms with van der Waals surface area (Å²) in [5.41, 5.74) is 6.28. The van der Waals surface area contributed by atoms with Crippen LogP contribution in [0.2, 0.25) is 0 Å². The van der Waals surface area contributed by atoms with Crippen molar-refractivity contribution in [3.8, 4) is 11.4 Å². The van der Waals surface area contributed by atoms with Crippen molar-refractivity contribution in [2.75, 3.05) is 0 Å². The van der Waals surface area contributed by atoms with Crippen molar-refractivity contribution in [2.45, 2.75) is 20.4 Å². The molecule has 0 radical (unpaired) electrons. The molecule has 5 rings (SSSR count). The van der Waals surface area contributed by atoms with E-state index in [1.807, 2.05) is 18.2 Å². The molecule has 0 saturated heterocycles. The predicted octanol–water partition coefficient (Wildman–Crippen LogP) is 3.81. The minimum Gasteiger partial charge on any atom is -0.325 e. The van der Waals surface area contributed by atoms with Gasteiger partial charge in [0.05, 0.1) is 5.39 Å². The quantitative estimate of drug-likeness (QED) is 0.494. The third kappa shape index (κ3) is 2.49. The van der Waals surface area contributed by atoms with Gasteiger partial charge in [-0.2, -0.15) is 0 Å². The fourth-order valence-corrected chi connectivity index (χ4v) is 3.51. The summed E-state index contributed by atoms with van der Waals surface area (Å²) in [4.78, 5) is 13.7. The lowest BCUT2D eigenvalue weighted by atomic mass is 10.2. The largest absolute Gasteiger partial charge is 0.325 e. The Morgan fingerprint density at radius 3 is 2.59 bits per heavy atom. The van der Waals surface area contributed by atoms with E-state index in [0.29, 0.717) is 5.82 Å². The number of pyridine rings is 1. The van der Waals surface area contributed by atoms with Gasteiger partial charge in [-0.15, -0.1) is 5.10 Å². The lowest BCUT2D eigenvalue weighted by molar-refractivity contribution is 0.787. The zero-order chi connectivity index (χ0) is 18.4. The number of aromatic nitrogens is 6. The van der Waals surface area contributed by atoms with Crippen molar-refractivity contribution in [3.05, 3.63) is 78.0 Å². The molecule has 0 N–H and O–H groups in total. The van der Waals surface area contributed by atoms with Gasteiger partial charge in [0.2, 0.25) is 0 Å². The third-order valence-electron chi connectivity index (χ3n) is 5.05. The van der Waals surface area contributed by atoms with E-state index in [4.69, 9.17) is 9.97 Å². The maximum Gasteiger partial charge on any atom is 0.183 e. The number of hydrogen-bond acceptors (Lipinski definition) is 4. The third-order valence-corrected chi connectivity index (χ3v) is 5.05. The molecule has 4 aromatic heterocycles. The standard InChI is InChI=1S/C21H18N6/c1-14-15(2)26(12-16-7-4-3-5-8-16)20-18(14)21-24-19(25-27(21)13-23-20)17-9-6-10-22-11-17/h3-11,13H,12H2,1-2H3. The maximum absolute atomic E-state index is 4.79. The second-order valence-electron chi connectivity index (χ2n) is 6.67. The molecule has 5 aromatic rings. The molecule has 132 valence electrons. The first-order valence-corrected chi connectivity index (χ1v) is 8.87. The summed E-state index contributed by atoms with van der Waals surface area (Å²) in [7, 11) is 0. The zero-order valence-corrected chi connectivity index (χ0v) is 15.2. The van der Waals surface area contributed by atoms with Crippen LogP contribution in [0.25, 0.3) is 28.1 Å². The van der Waals surface area contributed by atoms with Gasteiger partial charge >= 0.3 is 0 Å². The van der Waals surface area contributed by atoms with Crippen LogP contribution in [0.4, 0.5) is 0 Å². The first-order chi connectivity index (χ1) is 13.2. The lowest BCUT2D eigenvalue weighted by Crippen LogP contribution is -2.03. The Hall–Kier alpha value is -3.54. The Kier molecular flexibility index (Phi) is 3.50. The second kappa shape index (κ2) is 6.02. The molecular weight excluding hydrogens is 336 g/mol. The molecule has 0 aliphatic rings. The van der Waals surface area contributed by atoms with E-state index in [0.717, 1.165) is 28.8 Å². The SMILES string of the molecule is Cc1c(C)n(Cc2ccccc2)c2ncn3nc(-c4cccnc4)nc3c12. The summed E-state index contributed by atoms with van der Waals surface area (Å²) in [6, 6.07) is 14.3. The van der Waals surface area contributed by atoms with Crippen LogP contribution in [0, 0.1) is 13.8 Å². The van der Waals surface area contributed by atoms with Gasteiger partial charge in [0.15, 0.2) is 11.5 Å². The van der Waals surface area contributed by atoms with Crippen molar-refractivity contribution < 1.29 is 0 Å². The fourth-order valence-electron chi connectivity index (χ4n) is 3.51. The van der Waals surface area contributed by atoms with Crippen LogP contribution in [0.5, 0.6) is 0 Å². The normalized spacial score (nSPS) is 11.5. The van der Waals surface area contributed by atoms with Gasteiger partial charge in [0, 0.05) is 30.2 Å². The Morgan fingerprint density at radius 2 is 1.81 bits per heavy atom. The Labute approximate surface area is 156 Å². The number of benzene rings is 1. The van der Waals surface area contributed by atoms with Gasteiger partial charge < -0.3 is 4.57 Å². The van der Waals surface area contributed by atoms with E-state index in [1.54, 1.807) is 23.2 Å². The van der Waals surface area contributed by atoms with Crippen LogP contribution in [0.1, 0.15) is 16.8 Å². The van der Waals surface area contributed by atoms with Crippen molar-refractivity contribution in [2.24, 2.45) is 0 Å². The average Bonchev–Trinajstić information content (AvgIpc) is 3.25. The zero-order valence-electron chi connectivity index (χ0n) is 15.2. The van der Waals surface area contributed by atoms with Crippen molar-refractivity contribution >= 4 is 16.7 Å². The highest BCUT2D eigenvalue weighted by Gasteiger charge is 2.18. The number of fused-ring (bicyclic) bond motifs is 3. The van der Waals surface area contributed by atoms with E-state index in [-0.39, 0.29) is 0 Å². The first-order valence-electron chi connectivity index (χ1n) is 8.87. The van der Waals surface area contributed by atoms with Crippen LogP contribution in [0.15, 0.2) is 61.2 Å². The van der Waals surface area contributed by atoms with E-state index >= 15 is 0 Å². The summed E-state index contributed by atoms with van der Waals surface area (Å²) in [5, 5.41) is 5.64. The highest BCUT2D eigenvalue weighted by molar-refractivity contribution is 5.94. The molecule has 0 spiro atoms. The van der Waals surface area contributed by atoms with E-state index in [1.165, 1.54) is 16.8 Å². The number of nitrogens with zero attached hydrogens (tertiary/aromatic N) is 6. The van der Waals surface area contributed by atoms with Crippen molar-refractivity contribution in [3.63, 3.8) is 0 Å². The van der Waals surface area contributed by atoms with Crippen LogP contribution in [-0.2, 0) is 6.54 Å². The minimum atomic E-state index is 0.658. The molecule has 0 amide bonds. The Morgan fingerprint density at radius 1 is 0.963 bits per heavy atom. The number of rotatable bonds is 3. The first kappa shape index (κ1) is 15.7. The monoisotopic (exact) mass is 354 g/mol. The predicted molar refractivity (Wildman–Crippen MR) is 105 cm³/mol. The molecule has 0 fully saturated rings. The van der Waals surface area contributed by atoms with Gasteiger partial charge in [0.1, 0.15) is 12.0 Å². The van der Waals surface area contributed by atoms with E-state index < -0.39 is 0 Å². The maximum atomic E-state index is 4.79. The second-order valence-corrected chi connectivity index (χ2v) is 6.67.